The lowest BCUT2D eigenvalue weighted by molar-refractivity contribution is 0.190. The minimum absolute atomic E-state index is 0.157. The topological polar surface area (TPSA) is 53.7 Å². The summed E-state index contributed by atoms with van der Waals surface area (Å²) < 4.78 is 1.99. The summed E-state index contributed by atoms with van der Waals surface area (Å²) in [6.07, 6.45) is 6.54. The van der Waals surface area contributed by atoms with Gasteiger partial charge in [0.25, 0.3) is 0 Å². The standard InChI is InChI=1S/C17H20N4O/c22-12-11-20(10-7-15-5-2-1-3-6-15)14-16-13-19-17-18-8-4-9-21(16)17/h1-6,8-9,13,22H,7,10-12,14H2. The third-order valence-corrected chi connectivity index (χ3v) is 3.73. The van der Waals surface area contributed by atoms with Crippen molar-refractivity contribution in [2.45, 2.75) is 13.0 Å². The average Bonchev–Trinajstić information content (AvgIpc) is 2.97. The fraction of sp³-hybridized carbons (Fsp3) is 0.294. The lowest BCUT2D eigenvalue weighted by Gasteiger charge is -2.21. The van der Waals surface area contributed by atoms with Crippen LogP contribution in [-0.4, -0.2) is 44.1 Å². The number of imidazole rings is 1. The summed E-state index contributed by atoms with van der Waals surface area (Å²) in [7, 11) is 0. The van der Waals surface area contributed by atoms with Gasteiger partial charge in [0.1, 0.15) is 0 Å². The van der Waals surface area contributed by atoms with E-state index in [2.05, 4.69) is 39.1 Å². The molecule has 0 saturated carbocycles. The van der Waals surface area contributed by atoms with Crippen LogP contribution in [0.5, 0.6) is 0 Å². The highest BCUT2D eigenvalue weighted by Gasteiger charge is 2.10. The van der Waals surface area contributed by atoms with Crippen molar-refractivity contribution in [3.05, 3.63) is 66.2 Å². The molecule has 2 aromatic heterocycles. The van der Waals surface area contributed by atoms with Crippen molar-refractivity contribution in [1.29, 1.82) is 0 Å². The second kappa shape index (κ2) is 7.15. The maximum Gasteiger partial charge on any atom is 0.233 e. The van der Waals surface area contributed by atoms with Gasteiger partial charge in [-0.25, -0.2) is 9.97 Å². The monoisotopic (exact) mass is 296 g/mol. The summed E-state index contributed by atoms with van der Waals surface area (Å²) in [5.41, 5.74) is 2.40. The molecule has 1 N–H and O–H groups in total. The van der Waals surface area contributed by atoms with E-state index in [9.17, 15) is 5.11 Å². The quantitative estimate of drug-likeness (QED) is 0.722. The van der Waals surface area contributed by atoms with Gasteiger partial charge in [0.05, 0.1) is 18.5 Å². The first-order chi connectivity index (χ1) is 10.9. The summed E-state index contributed by atoms with van der Waals surface area (Å²) in [6.45, 7) is 2.46. The minimum atomic E-state index is 0.157. The molecule has 1 aromatic carbocycles. The molecule has 3 aromatic rings. The fourth-order valence-electron chi connectivity index (χ4n) is 2.57. The van der Waals surface area contributed by atoms with Gasteiger partial charge in [-0.3, -0.25) is 9.30 Å². The summed E-state index contributed by atoms with van der Waals surface area (Å²) >= 11 is 0. The van der Waals surface area contributed by atoms with Crippen LogP contribution in [-0.2, 0) is 13.0 Å². The normalized spacial score (nSPS) is 11.4. The fourth-order valence-corrected chi connectivity index (χ4v) is 2.57. The van der Waals surface area contributed by atoms with Crippen molar-refractivity contribution < 1.29 is 5.11 Å². The van der Waals surface area contributed by atoms with Gasteiger partial charge < -0.3 is 5.11 Å². The Kier molecular flexibility index (Phi) is 4.78. The highest BCUT2D eigenvalue weighted by Crippen LogP contribution is 2.09. The number of hydrogen-bond acceptors (Lipinski definition) is 4. The Bertz CT molecular complexity index is 711. The van der Waals surface area contributed by atoms with Crippen LogP contribution in [0.2, 0.25) is 0 Å². The Morgan fingerprint density at radius 1 is 1.05 bits per heavy atom. The Labute approximate surface area is 129 Å². The Hall–Kier alpha value is -2.24. The molecule has 0 atom stereocenters. The second-order valence-corrected chi connectivity index (χ2v) is 5.27. The van der Waals surface area contributed by atoms with E-state index in [1.165, 1.54) is 5.56 Å². The number of rotatable bonds is 7. The van der Waals surface area contributed by atoms with Gasteiger partial charge in [0.2, 0.25) is 5.78 Å². The smallest absolute Gasteiger partial charge is 0.233 e. The molecule has 0 radical (unpaired) electrons. The van der Waals surface area contributed by atoms with E-state index in [1.807, 2.05) is 28.9 Å². The molecule has 0 amide bonds. The van der Waals surface area contributed by atoms with Crippen LogP contribution in [0.3, 0.4) is 0 Å². The van der Waals surface area contributed by atoms with Gasteiger partial charge in [0.15, 0.2) is 0 Å². The number of aliphatic hydroxyl groups is 1. The molecule has 0 bridgehead atoms. The van der Waals surface area contributed by atoms with Crippen LogP contribution in [0.25, 0.3) is 5.78 Å². The van der Waals surface area contributed by atoms with Crippen molar-refractivity contribution in [1.82, 2.24) is 19.3 Å². The van der Waals surface area contributed by atoms with Gasteiger partial charge in [-0.15, -0.1) is 0 Å². The van der Waals surface area contributed by atoms with Gasteiger partial charge in [-0.1, -0.05) is 30.3 Å². The number of aromatic nitrogens is 3. The third kappa shape index (κ3) is 3.50. The summed E-state index contributed by atoms with van der Waals surface area (Å²) in [5, 5.41) is 9.30. The SMILES string of the molecule is OCCN(CCc1ccccc1)Cc1cnc2ncccn12. The first-order valence-corrected chi connectivity index (χ1v) is 7.51. The van der Waals surface area contributed by atoms with Crippen molar-refractivity contribution in [2.75, 3.05) is 19.7 Å². The largest absolute Gasteiger partial charge is 0.395 e. The van der Waals surface area contributed by atoms with E-state index in [0.717, 1.165) is 25.2 Å². The predicted octanol–water partition coefficient (Wildman–Crippen LogP) is 1.77. The number of hydrogen-bond donors (Lipinski definition) is 1. The Balaban J connectivity index is 1.68. The second-order valence-electron chi connectivity index (χ2n) is 5.27. The van der Waals surface area contributed by atoms with E-state index in [1.54, 1.807) is 6.20 Å². The van der Waals surface area contributed by atoms with E-state index < -0.39 is 0 Å². The van der Waals surface area contributed by atoms with E-state index in [-0.39, 0.29) is 6.61 Å². The van der Waals surface area contributed by atoms with Crippen LogP contribution >= 0.6 is 0 Å². The molecule has 22 heavy (non-hydrogen) atoms. The molecule has 0 aliphatic heterocycles. The first kappa shape index (κ1) is 14.7. The molecule has 0 spiro atoms. The molecular weight excluding hydrogens is 276 g/mol. The molecule has 5 heteroatoms. The molecule has 3 rings (SSSR count). The highest BCUT2D eigenvalue weighted by atomic mass is 16.3. The third-order valence-electron chi connectivity index (χ3n) is 3.73. The molecule has 5 nitrogen and oxygen atoms in total. The lowest BCUT2D eigenvalue weighted by Crippen LogP contribution is -2.29. The van der Waals surface area contributed by atoms with Gasteiger partial charge in [-0.05, 0) is 18.1 Å². The van der Waals surface area contributed by atoms with E-state index in [0.29, 0.717) is 12.3 Å². The highest BCUT2D eigenvalue weighted by molar-refractivity contribution is 5.30. The van der Waals surface area contributed by atoms with Crippen LogP contribution < -0.4 is 0 Å². The summed E-state index contributed by atoms with van der Waals surface area (Å²) in [4.78, 5) is 10.8. The van der Waals surface area contributed by atoms with Crippen LogP contribution in [0.1, 0.15) is 11.3 Å². The van der Waals surface area contributed by atoms with E-state index in [4.69, 9.17) is 0 Å². The molecule has 0 saturated heterocycles. The molecule has 0 aliphatic carbocycles. The Morgan fingerprint density at radius 3 is 2.73 bits per heavy atom. The first-order valence-electron chi connectivity index (χ1n) is 7.51. The number of nitrogens with zero attached hydrogens (tertiary/aromatic N) is 4. The van der Waals surface area contributed by atoms with Crippen LogP contribution in [0.4, 0.5) is 0 Å². The zero-order valence-corrected chi connectivity index (χ0v) is 12.5. The van der Waals surface area contributed by atoms with Crippen LogP contribution in [0, 0.1) is 0 Å². The lowest BCUT2D eigenvalue weighted by atomic mass is 10.1. The molecule has 0 fully saturated rings. The number of fused-ring (bicyclic) bond motifs is 1. The summed E-state index contributed by atoms with van der Waals surface area (Å²) in [6, 6.07) is 12.3. The molecule has 2 heterocycles. The van der Waals surface area contributed by atoms with Crippen molar-refractivity contribution in [3.8, 4) is 0 Å². The molecule has 0 unspecified atom stereocenters. The number of benzene rings is 1. The van der Waals surface area contributed by atoms with Crippen LogP contribution in [0.15, 0.2) is 55.0 Å². The van der Waals surface area contributed by atoms with Gasteiger partial charge in [0, 0.05) is 32.0 Å². The zero-order chi connectivity index (χ0) is 15.2. The maximum absolute atomic E-state index is 9.30. The summed E-state index contributed by atoms with van der Waals surface area (Å²) in [5.74, 6) is 0.713. The number of aliphatic hydroxyl groups excluding tert-OH is 1. The maximum atomic E-state index is 9.30. The Morgan fingerprint density at radius 2 is 1.91 bits per heavy atom. The van der Waals surface area contributed by atoms with Crippen molar-refractivity contribution in [3.63, 3.8) is 0 Å². The van der Waals surface area contributed by atoms with Gasteiger partial charge in [-0.2, -0.15) is 0 Å². The van der Waals surface area contributed by atoms with Crippen molar-refractivity contribution >= 4 is 5.78 Å². The predicted molar refractivity (Wildman–Crippen MR) is 85.5 cm³/mol. The average molecular weight is 296 g/mol. The minimum Gasteiger partial charge on any atom is -0.395 e. The molecule has 0 aliphatic rings. The van der Waals surface area contributed by atoms with Gasteiger partial charge >= 0.3 is 0 Å². The zero-order valence-electron chi connectivity index (χ0n) is 12.5. The van der Waals surface area contributed by atoms with E-state index >= 15 is 0 Å². The van der Waals surface area contributed by atoms with Crippen molar-refractivity contribution in [2.24, 2.45) is 0 Å². The molecule has 114 valence electrons. The molecular formula is C17H20N4O.